The van der Waals surface area contributed by atoms with Gasteiger partial charge in [-0.3, -0.25) is 4.79 Å². The average molecular weight is 465 g/mol. The Kier molecular flexibility index (Phi) is 5.25. The molecule has 4 N–H and O–H groups in total. The molecule has 3 atom stereocenters. The molecule has 0 saturated carbocycles. The zero-order chi connectivity index (χ0) is 24.2. The van der Waals surface area contributed by atoms with Crippen molar-refractivity contribution in [2.45, 2.75) is 51.5 Å². The highest BCUT2D eigenvalue weighted by Gasteiger charge is 2.42. The summed E-state index contributed by atoms with van der Waals surface area (Å²) >= 11 is 0. The fourth-order valence-corrected chi connectivity index (χ4v) is 5.03. The number of hydrogen-bond acceptors (Lipinski definition) is 8. The number of nitrogens with zero attached hydrogens (tertiary/aromatic N) is 7. The minimum Gasteiger partial charge on any atom is -0.391 e. The molecule has 1 aliphatic rings. The van der Waals surface area contributed by atoms with Gasteiger partial charge in [-0.25, -0.2) is 19.9 Å². The van der Waals surface area contributed by atoms with Crippen LogP contribution in [0.3, 0.4) is 0 Å². The number of nitrogen functional groups attached to an aromatic ring is 1. The molecule has 0 unspecified atom stereocenters. The number of aromatic nitrogens is 6. The molecule has 4 heterocycles. The van der Waals surface area contributed by atoms with Crippen LogP contribution in [0, 0.1) is 6.92 Å². The van der Waals surface area contributed by atoms with Gasteiger partial charge in [-0.15, -0.1) is 0 Å². The molecule has 0 spiro atoms. The highest BCUT2D eigenvalue weighted by atomic mass is 16.3. The number of anilines is 1. The second-order valence-electron chi connectivity index (χ2n) is 9.13. The first-order valence-corrected chi connectivity index (χ1v) is 11.3. The molecule has 178 valence electrons. The molecule has 11 nitrogen and oxygen atoms in total. The maximum atomic E-state index is 13.6. The van der Waals surface area contributed by atoms with E-state index in [9.17, 15) is 15.0 Å². The molecule has 0 bridgehead atoms. The topological polar surface area (TPSA) is 148 Å². The van der Waals surface area contributed by atoms with E-state index in [1.165, 1.54) is 6.33 Å². The first-order chi connectivity index (χ1) is 16.2. The maximum Gasteiger partial charge on any atom is 0.254 e. The number of likely N-dealkylation sites (tertiary alicyclic amines) is 1. The Hall–Kier alpha value is -3.57. The van der Waals surface area contributed by atoms with Crippen molar-refractivity contribution in [2.24, 2.45) is 0 Å². The lowest BCUT2D eigenvalue weighted by atomic mass is 9.91. The number of rotatable bonds is 3. The van der Waals surface area contributed by atoms with E-state index in [1.54, 1.807) is 34.9 Å². The van der Waals surface area contributed by atoms with E-state index in [1.807, 2.05) is 13.0 Å². The van der Waals surface area contributed by atoms with Gasteiger partial charge in [-0.05, 0) is 39.0 Å². The van der Waals surface area contributed by atoms with E-state index in [-0.39, 0.29) is 31.2 Å². The molecular weight excluding hydrogens is 436 g/mol. The Balaban J connectivity index is 1.53. The minimum absolute atomic E-state index is 0.0841. The molecule has 1 aliphatic heterocycles. The van der Waals surface area contributed by atoms with Crippen LogP contribution in [0.5, 0.6) is 0 Å². The van der Waals surface area contributed by atoms with Crippen LogP contribution in [0.2, 0.25) is 0 Å². The highest BCUT2D eigenvalue weighted by molar-refractivity contribution is 5.97. The number of benzene rings is 1. The van der Waals surface area contributed by atoms with E-state index in [2.05, 4.69) is 31.4 Å². The van der Waals surface area contributed by atoms with E-state index < -0.39 is 17.7 Å². The van der Waals surface area contributed by atoms with Crippen molar-refractivity contribution in [1.29, 1.82) is 0 Å². The van der Waals surface area contributed by atoms with E-state index in [4.69, 9.17) is 5.73 Å². The first-order valence-electron chi connectivity index (χ1n) is 11.3. The van der Waals surface area contributed by atoms with E-state index >= 15 is 0 Å². The van der Waals surface area contributed by atoms with Gasteiger partial charge < -0.3 is 30.0 Å². The number of fused-ring (bicyclic) bond motifs is 2. The van der Waals surface area contributed by atoms with Gasteiger partial charge >= 0.3 is 0 Å². The number of carbonyl (C=O) groups excluding carboxylic acids is 1. The Morgan fingerprint density at radius 1 is 1.26 bits per heavy atom. The summed E-state index contributed by atoms with van der Waals surface area (Å²) in [5.74, 6) is 0.877. The Labute approximate surface area is 195 Å². The molecule has 4 aromatic rings. The molecule has 5 rings (SSSR count). The van der Waals surface area contributed by atoms with Gasteiger partial charge in [0, 0.05) is 31.6 Å². The number of aliphatic hydroxyl groups is 2. The molecular formula is C23H28N8O3. The lowest BCUT2D eigenvalue weighted by Crippen LogP contribution is -2.42. The van der Waals surface area contributed by atoms with Gasteiger partial charge in [0.15, 0.2) is 11.5 Å². The number of hydrogen-bond donors (Lipinski definition) is 3. The largest absolute Gasteiger partial charge is 0.391 e. The van der Waals surface area contributed by atoms with Crippen molar-refractivity contribution in [3.8, 4) is 0 Å². The highest BCUT2D eigenvalue weighted by Crippen LogP contribution is 2.34. The second-order valence-corrected chi connectivity index (χ2v) is 9.13. The molecule has 1 saturated heterocycles. The summed E-state index contributed by atoms with van der Waals surface area (Å²) < 4.78 is 3.80. The number of β-amino-alcohol motifs (C(OH)–C–C–N with tert-alkyl or cyclic N) is 1. The van der Waals surface area contributed by atoms with Crippen LogP contribution in [0.15, 0.2) is 30.9 Å². The zero-order valence-corrected chi connectivity index (χ0v) is 19.4. The molecule has 0 radical (unpaired) electrons. The van der Waals surface area contributed by atoms with E-state index in [0.717, 1.165) is 23.4 Å². The number of aliphatic hydroxyl groups excluding tert-OH is 1. The van der Waals surface area contributed by atoms with Crippen LogP contribution < -0.4 is 5.73 Å². The third-order valence-corrected chi connectivity index (χ3v) is 6.70. The number of amides is 1. The summed E-state index contributed by atoms with van der Waals surface area (Å²) in [6.45, 7) is 6.67. The third kappa shape index (κ3) is 3.57. The molecule has 1 amide bonds. The van der Waals surface area contributed by atoms with Crippen LogP contribution in [-0.2, 0) is 6.54 Å². The van der Waals surface area contributed by atoms with Gasteiger partial charge in [0.1, 0.15) is 17.7 Å². The van der Waals surface area contributed by atoms with Gasteiger partial charge in [0.05, 0.1) is 35.1 Å². The summed E-state index contributed by atoms with van der Waals surface area (Å²) in [6, 6.07) is 4.85. The van der Waals surface area contributed by atoms with Crippen LogP contribution in [0.25, 0.3) is 22.2 Å². The standard InChI is InChI=1S/C23H28N8O3/c1-4-30-13(2)28-16-7-14(5-6-17(16)30)22(33)29-9-15(32)8-23(3,34)18(10-29)31-12-27-19-20(24)25-11-26-21(19)31/h5-7,11-12,15,18,32,34H,4,8-10H2,1-3H3,(H2,24,25,26)/t15-,18+,23+/m0/s1. The lowest BCUT2D eigenvalue weighted by molar-refractivity contribution is -0.0217. The lowest BCUT2D eigenvalue weighted by Gasteiger charge is -2.34. The monoisotopic (exact) mass is 464 g/mol. The van der Waals surface area contributed by atoms with Crippen molar-refractivity contribution >= 4 is 33.9 Å². The Morgan fingerprint density at radius 2 is 2.06 bits per heavy atom. The number of aryl methyl sites for hydroxylation is 2. The van der Waals surface area contributed by atoms with Gasteiger partial charge in [0.25, 0.3) is 5.91 Å². The molecule has 0 aliphatic carbocycles. The van der Waals surface area contributed by atoms with Crippen molar-refractivity contribution < 1.29 is 15.0 Å². The second kappa shape index (κ2) is 8.03. The SMILES string of the molecule is CCn1c(C)nc2cc(C(=O)N3C[C@@H](O)C[C@@](C)(O)[C@H](n4cnc5c(N)ncnc54)C3)ccc21. The summed E-state index contributed by atoms with van der Waals surface area (Å²) in [6.07, 6.45) is 2.07. The van der Waals surface area contributed by atoms with Gasteiger partial charge in [0.2, 0.25) is 0 Å². The summed E-state index contributed by atoms with van der Waals surface area (Å²) in [7, 11) is 0. The smallest absolute Gasteiger partial charge is 0.254 e. The minimum atomic E-state index is -1.33. The summed E-state index contributed by atoms with van der Waals surface area (Å²) in [5, 5.41) is 22.0. The van der Waals surface area contributed by atoms with Gasteiger partial charge in [-0.2, -0.15) is 0 Å². The maximum absolute atomic E-state index is 13.6. The van der Waals surface area contributed by atoms with Crippen LogP contribution in [0.4, 0.5) is 5.82 Å². The molecule has 1 fully saturated rings. The summed E-state index contributed by atoms with van der Waals surface area (Å²) in [4.78, 5) is 32.3. The number of imidazole rings is 2. The summed E-state index contributed by atoms with van der Waals surface area (Å²) in [5.41, 5.74) is 7.68. The van der Waals surface area contributed by atoms with Crippen molar-refractivity contribution in [1.82, 2.24) is 34.0 Å². The molecule has 1 aromatic carbocycles. The predicted molar refractivity (Wildman–Crippen MR) is 126 cm³/mol. The van der Waals surface area contributed by atoms with Crippen molar-refractivity contribution in [2.75, 3.05) is 18.8 Å². The number of carbonyl (C=O) groups is 1. The quantitative estimate of drug-likeness (QED) is 0.411. The molecule has 3 aromatic heterocycles. The van der Waals surface area contributed by atoms with Crippen molar-refractivity contribution in [3.63, 3.8) is 0 Å². The Bertz CT molecular complexity index is 1390. The van der Waals surface area contributed by atoms with Crippen LogP contribution in [-0.4, -0.2) is 74.9 Å². The Morgan fingerprint density at radius 3 is 2.82 bits per heavy atom. The zero-order valence-electron chi connectivity index (χ0n) is 19.4. The average Bonchev–Trinajstić information content (AvgIpc) is 3.32. The van der Waals surface area contributed by atoms with Crippen LogP contribution >= 0.6 is 0 Å². The molecule has 34 heavy (non-hydrogen) atoms. The fourth-order valence-electron chi connectivity index (χ4n) is 5.03. The number of nitrogens with two attached hydrogens (primary N) is 1. The van der Waals surface area contributed by atoms with E-state index in [0.29, 0.717) is 16.7 Å². The predicted octanol–water partition coefficient (Wildman–Crippen LogP) is 1.29. The van der Waals surface area contributed by atoms with Crippen molar-refractivity contribution in [3.05, 3.63) is 42.2 Å². The fraction of sp³-hybridized carbons (Fsp3) is 0.435. The third-order valence-electron chi connectivity index (χ3n) is 6.70. The first kappa shape index (κ1) is 22.2. The normalized spacial score (nSPS) is 23.5. The van der Waals surface area contributed by atoms with Gasteiger partial charge in [-0.1, -0.05) is 0 Å². The van der Waals surface area contributed by atoms with Crippen LogP contribution in [0.1, 0.15) is 42.5 Å². The molecule has 11 heteroatoms.